The van der Waals surface area contributed by atoms with Gasteiger partial charge in [0.05, 0.1) is 11.4 Å². The highest BCUT2D eigenvalue weighted by Crippen LogP contribution is 2.70. The zero-order valence-corrected chi connectivity index (χ0v) is 38.8. The van der Waals surface area contributed by atoms with Crippen molar-refractivity contribution in [3.05, 3.63) is 70.3 Å². The summed E-state index contributed by atoms with van der Waals surface area (Å²) in [5, 5.41) is 0. The molecular weight excluding hydrogens is 685 g/mol. The Bertz CT molecular complexity index is 2080. The normalized spacial score (nSPS) is 29.6. The third-order valence-corrected chi connectivity index (χ3v) is 14.5. The van der Waals surface area contributed by atoms with Gasteiger partial charge < -0.3 is 9.47 Å². The molecule has 0 amide bonds. The topological polar surface area (TPSA) is 43.2 Å². The van der Waals surface area contributed by atoms with Crippen LogP contribution in [0.15, 0.2) is 58.1 Å². The van der Waals surface area contributed by atoms with Crippen LogP contribution in [0.3, 0.4) is 0 Å². The van der Waals surface area contributed by atoms with Crippen molar-refractivity contribution in [2.24, 2.45) is 56.8 Å². The van der Waals surface area contributed by atoms with Crippen molar-refractivity contribution in [2.45, 2.75) is 171 Å². The van der Waals surface area contributed by atoms with E-state index < -0.39 is 11.2 Å². The molecule has 0 saturated heterocycles. The first kappa shape index (κ1) is 41.0. The molecule has 56 heavy (non-hydrogen) atoms. The van der Waals surface area contributed by atoms with Crippen LogP contribution in [0, 0.1) is 46.8 Å². The van der Waals surface area contributed by atoms with Gasteiger partial charge in [0.1, 0.15) is 22.9 Å². The molecule has 2 bridgehead atoms. The molecule has 0 radical (unpaired) electrons. The number of benzene rings is 2. The number of fused-ring (bicyclic) bond motifs is 3. The minimum absolute atomic E-state index is 0.00110. The lowest BCUT2D eigenvalue weighted by molar-refractivity contribution is -0.113. The molecule has 304 valence electrons. The SMILES string of the molecule is CC(C)C1=CC2C([C@@H]3C=C[C@@]2(C(C)C)C2=Nc4cc(C(C)(C)C)cc(C(C)(C)C)c4O[C@@]23C(C)C)[C@@]2(C(C)C)Oc3c(cc(C(C)(C)C)cc3C(C)(C)C)N=C12. The number of rotatable bonds is 4. The van der Waals surface area contributed by atoms with E-state index in [1.807, 2.05) is 0 Å². The van der Waals surface area contributed by atoms with E-state index in [4.69, 9.17) is 19.5 Å². The first-order valence-corrected chi connectivity index (χ1v) is 21.9. The second-order valence-electron chi connectivity index (χ2n) is 23.6. The first-order valence-electron chi connectivity index (χ1n) is 21.9. The molecule has 1 fully saturated rings. The van der Waals surface area contributed by atoms with Crippen molar-refractivity contribution >= 4 is 22.8 Å². The quantitative estimate of drug-likeness (QED) is 0.291. The second-order valence-corrected chi connectivity index (χ2v) is 23.6. The van der Waals surface area contributed by atoms with Gasteiger partial charge in [0.25, 0.3) is 0 Å². The number of allylic oxidation sites excluding steroid dienone is 2. The molecule has 6 aliphatic rings. The van der Waals surface area contributed by atoms with Gasteiger partial charge in [-0.2, -0.15) is 0 Å². The van der Waals surface area contributed by atoms with Gasteiger partial charge in [0.2, 0.25) is 0 Å². The molecule has 2 unspecified atom stereocenters. The van der Waals surface area contributed by atoms with Crippen LogP contribution in [0.2, 0.25) is 0 Å². The van der Waals surface area contributed by atoms with Crippen LogP contribution < -0.4 is 9.47 Å². The number of hydrogen-bond donors (Lipinski definition) is 0. The van der Waals surface area contributed by atoms with Gasteiger partial charge in [-0.3, -0.25) is 0 Å². The van der Waals surface area contributed by atoms with Crippen molar-refractivity contribution in [2.75, 3.05) is 0 Å². The largest absolute Gasteiger partial charge is 0.478 e. The Labute approximate surface area is 341 Å². The molecule has 2 aromatic carbocycles. The van der Waals surface area contributed by atoms with E-state index in [1.165, 1.54) is 33.5 Å². The maximum atomic E-state index is 8.04. The Hall–Kier alpha value is -3.14. The van der Waals surface area contributed by atoms with E-state index in [9.17, 15) is 0 Å². The summed E-state index contributed by atoms with van der Waals surface area (Å²) in [6, 6.07) is 9.47. The zero-order valence-electron chi connectivity index (χ0n) is 38.8. The maximum absolute atomic E-state index is 8.04. The van der Waals surface area contributed by atoms with Crippen LogP contribution in [0.5, 0.6) is 11.5 Å². The summed E-state index contributed by atoms with van der Waals surface area (Å²) in [7, 11) is 0. The Morgan fingerprint density at radius 2 is 1.02 bits per heavy atom. The van der Waals surface area contributed by atoms with Crippen LogP contribution >= 0.6 is 0 Å². The molecule has 2 heterocycles. The van der Waals surface area contributed by atoms with E-state index in [0.717, 1.165) is 28.6 Å². The highest BCUT2D eigenvalue weighted by atomic mass is 16.5. The van der Waals surface area contributed by atoms with Crippen LogP contribution in [-0.2, 0) is 21.7 Å². The molecule has 2 aromatic rings. The molecule has 4 heteroatoms. The lowest BCUT2D eigenvalue weighted by Crippen LogP contribution is -2.78. The van der Waals surface area contributed by atoms with Crippen LogP contribution in [0.25, 0.3) is 0 Å². The van der Waals surface area contributed by atoms with Gasteiger partial charge >= 0.3 is 0 Å². The minimum atomic E-state index is -0.690. The van der Waals surface area contributed by atoms with Gasteiger partial charge in [0.15, 0.2) is 11.2 Å². The number of aliphatic imine (C=N–C) groups is 2. The van der Waals surface area contributed by atoms with Crippen molar-refractivity contribution < 1.29 is 9.47 Å². The van der Waals surface area contributed by atoms with Crippen molar-refractivity contribution in [3.63, 3.8) is 0 Å². The fraction of sp³-hybridized carbons (Fsp3) is 0.654. The summed E-state index contributed by atoms with van der Waals surface area (Å²) in [4.78, 5) is 11.8. The average Bonchev–Trinajstić information content (AvgIpc) is 3.06. The molecule has 0 aromatic heterocycles. The summed E-state index contributed by atoms with van der Waals surface area (Å²) in [6.45, 7) is 46.8. The molecule has 2 aliphatic heterocycles. The highest BCUT2D eigenvalue weighted by Gasteiger charge is 2.75. The van der Waals surface area contributed by atoms with Crippen molar-refractivity contribution in [1.82, 2.24) is 0 Å². The van der Waals surface area contributed by atoms with E-state index in [-0.39, 0.29) is 68.5 Å². The number of hydrogen-bond acceptors (Lipinski definition) is 4. The molecule has 0 N–H and O–H groups in total. The summed E-state index contributed by atoms with van der Waals surface area (Å²) < 4.78 is 16.0. The fourth-order valence-corrected chi connectivity index (χ4v) is 11.2. The lowest BCUT2D eigenvalue weighted by atomic mass is 9.38. The van der Waals surface area contributed by atoms with E-state index in [2.05, 4.69) is 181 Å². The van der Waals surface area contributed by atoms with Crippen molar-refractivity contribution in [3.8, 4) is 11.5 Å². The summed E-state index contributed by atoms with van der Waals surface area (Å²) in [5.41, 5.74) is 8.62. The third-order valence-electron chi connectivity index (χ3n) is 14.5. The van der Waals surface area contributed by atoms with Crippen LogP contribution in [0.4, 0.5) is 11.4 Å². The van der Waals surface area contributed by atoms with Gasteiger partial charge in [-0.1, -0.05) is 169 Å². The standard InChI is InChI=1S/C52H74N2O2/c1-28(2)34-27-36-41(52(31(7)8)44(34)53-39-25-32(46(9,10)11)23-37(42(39)56-52)48(15,16)17)35-21-22-50(36,29(3)4)45-51(35,30(5)6)55-43-38(49(18,19)20)24-33(47(12,13)14)26-40(43)54-45/h21-31,35-36,41H,1-20H3/t35-,36?,41?,50-,51+,52+/m0/s1. The van der Waals surface area contributed by atoms with E-state index in [1.54, 1.807) is 0 Å². The Balaban J connectivity index is 1.60. The van der Waals surface area contributed by atoms with Crippen LogP contribution in [-0.4, -0.2) is 22.6 Å². The molecule has 4 aliphatic carbocycles. The lowest BCUT2D eigenvalue weighted by Gasteiger charge is -2.69. The van der Waals surface area contributed by atoms with Gasteiger partial charge in [-0.15, -0.1) is 0 Å². The number of nitrogens with zero attached hydrogens (tertiary/aromatic N) is 2. The van der Waals surface area contributed by atoms with E-state index >= 15 is 0 Å². The average molecular weight is 759 g/mol. The van der Waals surface area contributed by atoms with Gasteiger partial charge in [-0.25, -0.2) is 9.98 Å². The van der Waals surface area contributed by atoms with Gasteiger partial charge in [0, 0.05) is 28.4 Å². The van der Waals surface area contributed by atoms with Gasteiger partial charge in [-0.05, 0) is 80.1 Å². The molecule has 4 nitrogen and oxygen atoms in total. The third kappa shape index (κ3) is 5.56. The summed E-state index contributed by atoms with van der Waals surface area (Å²) in [6.07, 6.45) is 7.76. The molecule has 1 saturated carbocycles. The molecule has 8 rings (SSSR count). The predicted octanol–water partition coefficient (Wildman–Crippen LogP) is 14.0. The minimum Gasteiger partial charge on any atom is -0.478 e. The molecule has 0 spiro atoms. The first-order chi connectivity index (χ1) is 25.5. The molecule has 6 atom stereocenters. The fourth-order valence-electron chi connectivity index (χ4n) is 11.2. The van der Waals surface area contributed by atoms with E-state index in [0.29, 0.717) is 0 Å². The highest BCUT2D eigenvalue weighted by molar-refractivity contribution is 6.13. The second kappa shape index (κ2) is 12.4. The monoisotopic (exact) mass is 759 g/mol. The maximum Gasteiger partial charge on any atom is 0.157 e. The Morgan fingerprint density at radius 1 is 0.554 bits per heavy atom. The predicted molar refractivity (Wildman–Crippen MR) is 238 cm³/mol. The summed E-state index contributed by atoms with van der Waals surface area (Å²) in [5.74, 6) is 2.94. The number of ether oxygens (including phenoxy) is 2. The van der Waals surface area contributed by atoms with Crippen LogP contribution in [0.1, 0.15) is 161 Å². The molecular formula is C52H74N2O2. The Morgan fingerprint density at radius 3 is 1.43 bits per heavy atom. The smallest absolute Gasteiger partial charge is 0.157 e. The summed E-state index contributed by atoms with van der Waals surface area (Å²) >= 11 is 0. The van der Waals surface area contributed by atoms with Crippen molar-refractivity contribution in [1.29, 1.82) is 0 Å². The zero-order chi connectivity index (χ0) is 41.7. The Kier molecular flexibility index (Phi) is 9.11.